The standard InChI is InChI=1S/C9H14O4/c1-2-9(10)12-5-3-4-11-6-8-7-13-8/h2,8H,1,3-7H2. The minimum atomic E-state index is -0.384. The first-order valence-corrected chi connectivity index (χ1v) is 4.31. The van der Waals surface area contributed by atoms with E-state index in [1.54, 1.807) is 0 Å². The van der Waals surface area contributed by atoms with Crippen LogP contribution in [0.3, 0.4) is 0 Å². The van der Waals surface area contributed by atoms with Gasteiger partial charge >= 0.3 is 5.97 Å². The first-order chi connectivity index (χ1) is 6.33. The second-order valence-corrected chi connectivity index (χ2v) is 2.76. The van der Waals surface area contributed by atoms with E-state index in [4.69, 9.17) is 14.2 Å². The van der Waals surface area contributed by atoms with Gasteiger partial charge in [-0.15, -0.1) is 0 Å². The monoisotopic (exact) mass is 186 g/mol. The molecule has 1 aliphatic rings. The highest BCUT2D eigenvalue weighted by Crippen LogP contribution is 2.08. The van der Waals surface area contributed by atoms with Crippen molar-refractivity contribution < 1.29 is 19.0 Å². The molecule has 0 aromatic rings. The largest absolute Gasteiger partial charge is 0.462 e. The molecule has 1 fully saturated rings. The van der Waals surface area contributed by atoms with Gasteiger partial charge in [-0.1, -0.05) is 6.58 Å². The van der Waals surface area contributed by atoms with Gasteiger partial charge < -0.3 is 14.2 Å². The van der Waals surface area contributed by atoms with Crippen LogP contribution in [-0.2, 0) is 19.0 Å². The molecule has 13 heavy (non-hydrogen) atoms. The van der Waals surface area contributed by atoms with Gasteiger partial charge in [0.1, 0.15) is 6.10 Å². The van der Waals surface area contributed by atoms with Crippen LogP contribution in [0.25, 0.3) is 0 Å². The van der Waals surface area contributed by atoms with Crippen LogP contribution in [0.15, 0.2) is 12.7 Å². The predicted octanol–water partition coefficient (Wildman–Crippen LogP) is 0.521. The van der Waals surface area contributed by atoms with Gasteiger partial charge in [-0.05, 0) is 0 Å². The fourth-order valence-corrected chi connectivity index (χ4v) is 0.772. The lowest BCUT2D eigenvalue weighted by Gasteiger charge is -2.02. The molecular formula is C9H14O4. The van der Waals surface area contributed by atoms with Crippen LogP contribution >= 0.6 is 0 Å². The molecule has 1 saturated heterocycles. The molecule has 1 heterocycles. The van der Waals surface area contributed by atoms with E-state index in [0.29, 0.717) is 32.3 Å². The van der Waals surface area contributed by atoms with Crippen LogP contribution < -0.4 is 0 Å². The van der Waals surface area contributed by atoms with E-state index in [1.807, 2.05) is 0 Å². The van der Waals surface area contributed by atoms with E-state index in [0.717, 1.165) is 12.7 Å². The Hall–Kier alpha value is -0.870. The first kappa shape index (κ1) is 10.2. The summed E-state index contributed by atoms with van der Waals surface area (Å²) < 4.78 is 14.9. The van der Waals surface area contributed by atoms with Crippen molar-refractivity contribution in [2.45, 2.75) is 12.5 Å². The lowest BCUT2D eigenvalue weighted by molar-refractivity contribution is -0.138. The predicted molar refractivity (Wildman–Crippen MR) is 46.3 cm³/mol. The number of esters is 1. The number of epoxide rings is 1. The first-order valence-electron chi connectivity index (χ1n) is 4.31. The fourth-order valence-electron chi connectivity index (χ4n) is 0.772. The van der Waals surface area contributed by atoms with Crippen molar-refractivity contribution in [3.63, 3.8) is 0 Å². The number of carbonyl (C=O) groups excluding carboxylic acids is 1. The number of hydrogen-bond donors (Lipinski definition) is 0. The fraction of sp³-hybridized carbons (Fsp3) is 0.667. The molecule has 1 atom stereocenters. The summed E-state index contributed by atoms with van der Waals surface area (Å²) in [6, 6.07) is 0. The number of rotatable bonds is 7. The maximum atomic E-state index is 10.6. The molecule has 0 aromatic heterocycles. The maximum Gasteiger partial charge on any atom is 0.330 e. The summed E-state index contributed by atoms with van der Waals surface area (Å²) in [5.41, 5.74) is 0. The Kier molecular flexibility index (Phi) is 4.49. The molecule has 0 radical (unpaired) electrons. The molecule has 74 valence electrons. The smallest absolute Gasteiger partial charge is 0.330 e. The number of hydrogen-bond acceptors (Lipinski definition) is 4. The zero-order valence-corrected chi connectivity index (χ0v) is 7.53. The lowest BCUT2D eigenvalue weighted by Crippen LogP contribution is -2.07. The SMILES string of the molecule is C=CC(=O)OCCCOCC1CO1. The van der Waals surface area contributed by atoms with E-state index >= 15 is 0 Å². The average Bonchev–Trinajstić information content (AvgIpc) is 2.94. The van der Waals surface area contributed by atoms with Gasteiger partial charge in [-0.25, -0.2) is 4.79 Å². The summed E-state index contributed by atoms with van der Waals surface area (Å²) >= 11 is 0. The second-order valence-electron chi connectivity index (χ2n) is 2.76. The molecule has 0 aromatic carbocycles. The Morgan fingerprint density at radius 2 is 2.38 bits per heavy atom. The third-order valence-electron chi connectivity index (χ3n) is 1.55. The van der Waals surface area contributed by atoms with Gasteiger partial charge in [0.15, 0.2) is 0 Å². The van der Waals surface area contributed by atoms with Crippen molar-refractivity contribution in [3.8, 4) is 0 Å². The summed E-state index contributed by atoms with van der Waals surface area (Å²) in [5.74, 6) is -0.384. The van der Waals surface area contributed by atoms with Crippen LogP contribution in [0.1, 0.15) is 6.42 Å². The molecule has 1 rings (SSSR count). The van der Waals surface area contributed by atoms with Gasteiger partial charge in [0.2, 0.25) is 0 Å². The molecule has 0 spiro atoms. The van der Waals surface area contributed by atoms with Crippen molar-refractivity contribution in [3.05, 3.63) is 12.7 Å². The van der Waals surface area contributed by atoms with Crippen LogP contribution in [0, 0.1) is 0 Å². The van der Waals surface area contributed by atoms with Crippen molar-refractivity contribution in [2.24, 2.45) is 0 Å². The minimum Gasteiger partial charge on any atom is -0.462 e. The van der Waals surface area contributed by atoms with E-state index in [9.17, 15) is 4.79 Å². The molecule has 0 N–H and O–H groups in total. The van der Waals surface area contributed by atoms with Crippen molar-refractivity contribution in [1.29, 1.82) is 0 Å². The van der Waals surface area contributed by atoms with E-state index in [2.05, 4.69) is 6.58 Å². The Morgan fingerprint density at radius 1 is 1.62 bits per heavy atom. The van der Waals surface area contributed by atoms with Crippen LogP contribution in [0.5, 0.6) is 0 Å². The van der Waals surface area contributed by atoms with Gasteiger partial charge in [0.25, 0.3) is 0 Å². The summed E-state index contributed by atoms with van der Waals surface area (Å²) in [6.07, 6.45) is 2.17. The number of ether oxygens (including phenoxy) is 3. The van der Waals surface area contributed by atoms with E-state index in [-0.39, 0.29) is 5.97 Å². The highest BCUT2D eigenvalue weighted by Gasteiger charge is 2.21. The van der Waals surface area contributed by atoms with Gasteiger partial charge in [0.05, 0.1) is 19.8 Å². The molecule has 4 heteroatoms. The topological polar surface area (TPSA) is 48.1 Å². The Morgan fingerprint density at radius 3 is 3.00 bits per heavy atom. The zero-order valence-electron chi connectivity index (χ0n) is 7.53. The summed E-state index contributed by atoms with van der Waals surface area (Å²) in [6.45, 7) is 5.73. The molecule has 1 unspecified atom stereocenters. The minimum absolute atomic E-state index is 0.302. The van der Waals surface area contributed by atoms with Crippen LogP contribution in [-0.4, -0.2) is 38.5 Å². The third kappa shape index (κ3) is 5.38. The molecule has 4 nitrogen and oxygen atoms in total. The highest BCUT2D eigenvalue weighted by molar-refractivity contribution is 5.81. The zero-order chi connectivity index (χ0) is 9.52. The quantitative estimate of drug-likeness (QED) is 0.252. The molecular weight excluding hydrogens is 172 g/mol. The third-order valence-corrected chi connectivity index (χ3v) is 1.55. The Balaban J connectivity index is 1.77. The normalized spacial score (nSPS) is 19.5. The van der Waals surface area contributed by atoms with Gasteiger partial charge in [-0.2, -0.15) is 0 Å². The molecule has 0 aliphatic carbocycles. The summed E-state index contributed by atoms with van der Waals surface area (Å²) in [5, 5.41) is 0. The highest BCUT2D eigenvalue weighted by atomic mass is 16.6. The van der Waals surface area contributed by atoms with Crippen molar-refractivity contribution in [1.82, 2.24) is 0 Å². The van der Waals surface area contributed by atoms with Crippen molar-refractivity contribution >= 4 is 5.97 Å². The van der Waals surface area contributed by atoms with Gasteiger partial charge in [0, 0.05) is 19.1 Å². The molecule has 0 saturated carbocycles. The van der Waals surface area contributed by atoms with Crippen molar-refractivity contribution in [2.75, 3.05) is 26.4 Å². The van der Waals surface area contributed by atoms with Crippen LogP contribution in [0.2, 0.25) is 0 Å². The van der Waals surface area contributed by atoms with Crippen LogP contribution in [0.4, 0.5) is 0 Å². The molecule has 0 bridgehead atoms. The van der Waals surface area contributed by atoms with E-state index in [1.165, 1.54) is 0 Å². The van der Waals surface area contributed by atoms with Gasteiger partial charge in [-0.3, -0.25) is 0 Å². The van der Waals surface area contributed by atoms with E-state index < -0.39 is 0 Å². The second kappa shape index (κ2) is 5.72. The summed E-state index contributed by atoms with van der Waals surface area (Å²) in [7, 11) is 0. The Bertz CT molecular complexity index is 174. The molecule has 1 aliphatic heterocycles. The molecule has 0 amide bonds. The maximum absolute atomic E-state index is 10.6. The lowest BCUT2D eigenvalue weighted by atomic mass is 10.5. The number of carbonyl (C=O) groups is 1. The Labute approximate surface area is 77.5 Å². The summed E-state index contributed by atoms with van der Waals surface area (Å²) in [4.78, 5) is 10.6. The average molecular weight is 186 g/mol.